The Kier molecular flexibility index (Phi) is 4.94. The predicted octanol–water partition coefficient (Wildman–Crippen LogP) is 4.78. The molecule has 3 rings (SSSR count). The van der Waals surface area contributed by atoms with Crippen LogP contribution in [0.4, 0.5) is 0 Å². The van der Waals surface area contributed by atoms with E-state index in [1.54, 1.807) is 11.8 Å². The smallest absolute Gasteiger partial charge is 0.105 e. The molecular weight excluding hydrogens is 276 g/mol. The van der Waals surface area contributed by atoms with E-state index in [9.17, 15) is 0 Å². The maximum Gasteiger partial charge on any atom is 0.105 e. The van der Waals surface area contributed by atoms with Crippen molar-refractivity contribution in [3.8, 4) is 0 Å². The number of pyridine rings is 1. The molecule has 1 aliphatic heterocycles. The Morgan fingerprint density at radius 3 is 2.81 bits per heavy atom. The summed E-state index contributed by atoms with van der Waals surface area (Å²) in [5.74, 6) is 0. The number of benzene rings is 1. The van der Waals surface area contributed by atoms with Gasteiger partial charge < -0.3 is 0 Å². The Labute approximate surface area is 131 Å². The van der Waals surface area contributed by atoms with Crippen molar-refractivity contribution in [1.82, 2.24) is 9.88 Å². The average Bonchev–Trinajstić information content (AvgIpc) is 2.56. The van der Waals surface area contributed by atoms with E-state index in [0.717, 1.165) is 11.6 Å². The molecule has 110 valence electrons. The van der Waals surface area contributed by atoms with E-state index in [1.165, 1.54) is 36.3 Å². The number of aromatic nitrogens is 1. The highest BCUT2D eigenvalue weighted by Crippen LogP contribution is 2.37. The minimum absolute atomic E-state index is 0.531. The lowest BCUT2D eigenvalue weighted by molar-refractivity contribution is 0.154. The molecule has 0 bridgehead atoms. The number of piperidine rings is 1. The standard InChI is InChI=1S/C18H22N2S/c1-2-20-14-7-6-12-17(20)16-11-8-13-19-18(16)21-15-9-4-3-5-10-15/h3-5,8-11,13,17H,2,6-7,12,14H2,1H3/t17-/m1/s1. The Bertz CT molecular complexity index is 570. The van der Waals surface area contributed by atoms with Gasteiger partial charge in [-0.3, -0.25) is 4.90 Å². The number of hydrogen-bond donors (Lipinski definition) is 0. The summed E-state index contributed by atoms with van der Waals surface area (Å²) in [6.45, 7) is 4.60. The maximum atomic E-state index is 4.65. The fraction of sp³-hybridized carbons (Fsp3) is 0.389. The summed E-state index contributed by atoms with van der Waals surface area (Å²) in [4.78, 5) is 8.51. The Morgan fingerprint density at radius 1 is 1.14 bits per heavy atom. The minimum Gasteiger partial charge on any atom is -0.297 e. The molecular formula is C18H22N2S. The van der Waals surface area contributed by atoms with Crippen LogP contribution in [-0.2, 0) is 0 Å². The first-order valence-electron chi connectivity index (χ1n) is 7.80. The molecule has 0 spiro atoms. The number of rotatable bonds is 4. The van der Waals surface area contributed by atoms with E-state index >= 15 is 0 Å². The lowest BCUT2D eigenvalue weighted by Gasteiger charge is -2.35. The van der Waals surface area contributed by atoms with Crippen molar-refractivity contribution < 1.29 is 0 Å². The zero-order valence-electron chi connectivity index (χ0n) is 12.5. The molecule has 0 aliphatic carbocycles. The van der Waals surface area contributed by atoms with E-state index in [-0.39, 0.29) is 0 Å². The van der Waals surface area contributed by atoms with Gasteiger partial charge in [-0.15, -0.1) is 0 Å². The van der Waals surface area contributed by atoms with Crippen molar-refractivity contribution in [2.45, 2.75) is 42.1 Å². The molecule has 0 unspecified atom stereocenters. The van der Waals surface area contributed by atoms with Crippen LogP contribution in [0.1, 0.15) is 37.8 Å². The maximum absolute atomic E-state index is 4.65. The fourth-order valence-electron chi connectivity index (χ4n) is 3.06. The highest BCUT2D eigenvalue weighted by atomic mass is 32.2. The second-order valence-electron chi connectivity index (χ2n) is 5.45. The third-order valence-electron chi connectivity index (χ3n) is 4.14. The van der Waals surface area contributed by atoms with Gasteiger partial charge in [0.15, 0.2) is 0 Å². The van der Waals surface area contributed by atoms with Crippen LogP contribution in [0.25, 0.3) is 0 Å². The van der Waals surface area contributed by atoms with Crippen LogP contribution in [0.15, 0.2) is 58.6 Å². The van der Waals surface area contributed by atoms with E-state index in [0.29, 0.717) is 6.04 Å². The summed E-state index contributed by atoms with van der Waals surface area (Å²) in [5.41, 5.74) is 1.40. The first-order valence-corrected chi connectivity index (χ1v) is 8.62. The average molecular weight is 298 g/mol. The van der Waals surface area contributed by atoms with E-state index in [4.69, 9.17) is 0 Å². The Morgan fingerprint density at radius 2 is 2.00 bits per heavy atom. The zero-order chi connectivity index (χ0) is 14.5. The molecule has 1 atom stereocenters. The van der Waals surface area contributed by atoms with Crippen molar-refractivity contribution in [2.24, 2.45) is 0 Å². The van der Waals surface area contributed by atoms with E-state index < -0.39 is 0 Å². The summed E-state index contributed by atoms with van der Waals surface area (Å²) in [6.07, 6.45) is 5.81. The van der Waals surface area contributed by atoms with Crippen LogP contribution in [-0.4, -0.2) is 23.0 Å². The van der Waals surface area contributed by atoms with E-state index in [2.05, 4.69) is 59.3 Å². The van der Waals surface area contributed by atoms with Gasteiger partial charge in [0.2, 0.25) is 0 Å². The molecule has 3 heteroatoms. The third-order valence-corrected chi connectivity index (χ3v) is 5.18. The molecule has 1 saturated heterocycles. The Hall–Kier alpha value is -1.32. The molecule has 21 heavy (non-hydrogen) atoms. The second kappa shape index (κ2) is 7.10. The van der Waals surface area contributed by atoms with E-state index in [1.807, 2.05) is 6.20 Å². The summed E-state index contributed by atoms with van der Waals surface area (Å²) in [6, 6.07) is 15.4. The zero-order valence-corrected chi connectivity index (χ0v) is 13.4. The highest BCUT2D eigenvalue weighted by Gasteiger charge is 2.25. The predicted molar refractivity (Wildman–Crippen MR) is 88.6 cm³/mol. The van der Waals surface area contributed by atoms with Gasteiger partial charge in [0.1, 0.15) is 5.03 Å². The largest absolute Gasteiger partial charge is 0.297 e. The van der Waals surface area contributed by atoms with Gasteiger partial charge in [0.25, 0.3) is 0 Å². The molecule has 0 N–H and O–H groups in total. The summed E-state index contributed by atoms with van der Waals surface area (Å²) in [5, 5.41) is 1.16. The number of hydrogen-bond acceptors (Lipinski definition) is 3. The molecule has 2 heterocycles. The quantitative estimate of drug-likeness (QED) is 0.808. The molecule has 0 amide bonds. The van der Waals surface area contributed by atoms with Crippen molar-refractivity contribution >= 4 is 11.8 Å². The molecule has 1 aliphatic rings. The lowest BCUT2D eigenvalue weighted by Crippen LogP contribution is -2.33. The molecule has 2 nitrogen and oxygen atoms in total. The lowest BCUT2D eigenvalue weighted by atomic mass is 9.96. The summed E-state index contributed by atoms with van der Waals surface area (Å²) < 4.78 is 0. The molecule has 1 fully saturated rings. The Balaban J connectivity index is 1.88. The first kappa shape index (κ1) is 14.6. The monoisotopic (exact) mass is 298 g/mol. The van der Waals surface area contributed by atoms with Crippen molar-refractivity contribution in [1.29, 1.82) is 0 Å². The van der Waals surface area contributed by atoms with Gasteiger partial charge in [0, 0.05) is 22.7 Å². The minimum atomic E-state index is 0.531. The summed E-state index contributed by atoms with van der Waals surface area (Å²) >= 11 is 1.78. The van der Waals surface area contributed by atoms with Gasteiger partial charge in [-0.05, 0) is 44.1 Å². The van der Waals surface area contributed by atoms with Crippen LogP contribution in [0, 0.1) is 0 Å². The SMILES string of the molecule is CCN1CCCC[C@@H]1c1cccnc1Sc1ccccc1. The molecule has 0 radical (unpaired) electrons. The van der Waals surface area contributed by atoms with Crippen LogP contribution in [0.2, 0.25) is 0 Å². The molecule has 1 aromatic heterocycles. The number of likely N-dealkylation sites (tertiary alicyclic amines) is 1. The van der Waals surface area contributed by atoms with Crippen LogP contribution < -0.4 is 0 Å². The van der Waals surface area contributed by atoms with Gasteiger partial charge in [-0.2, -0.15) is 0 Å². The van der Waals surface area contributed by atoms with Crippen LogP contribution in [0.3, 0.4) is 0 Å². The van der Waals surface area contributed by atoms with Crippen molar-refractivity contribution in [3.63, 3.8) is 0 Å². The molecule has 1 aromatic carbocycles. The van der Waals surface area contributed by atoms with Crippen LogP contribution in [0.5, 0.6) is 0 Å². The van der Waals surface area contributed by atoms with Gasteiger partial charge >= 0.3 is 0 Å². The second-order valence-corrected chi connectivity index (χ2v) is 6.52. The van der Waals surface area contributed by atoms with Crippen LogP contribution >= 0.6 is 11.8 Å². The third kappa shape index (κ3) is 3.47. The molecule has 2 aromatic rings. The highest BCUT2D eigenvalue weighted by molar-refractivity contribution is 7.99. The van der Waals surface area contributed by atoms with Crippen molar-refractivity contribution in [2.75, 3.05) is 13.1 Å². The van der Waals surface area contributed by atoms with Crippen molar-refractivity contribution in [3.05, 3.63) is 54.2 Å². The van der Waals surface area contributed by atoms with Gasteiger partial charge in [-0.1, -0.05) is 49.4 Å². The normalized spacial score (nSPS) is 19.6. The topological polar surface area (TPSA) is 16.1 Å². The first-order chi connectivity index (χ1) is 10.4. The summed E-state index contributed by atoms with van der Waals surface area (Å²) in [7, 11) is 0. The molecule has 0 saturated carbocycles. The number of nitrogens with zero attached hydrogens (tertiary/aromatic N) is 2. The van der Waals surface area contributed by atoms with Gasteiger partial charge in [-0.25, -0.2) is 4.98 Å². The van der Waals surface area contributed by atoms with Gasteiger partial charge in [0.05, 0.1) is 0 Å². The fourth-order valence-corrected chi connectivity index (χ4v) is 4.02.